The van der Waals surface area contributed by atoms with E-state index in [0.29, 0.717) is 5.82 Å². The van der Waals surface area contributed by atoms with Crippen molar-refractivity contribution < 1.29 is 4.79 Å². The van der Waals surface area contributed by atoms with Gasteiger partial charge in [-0.2, -0.15) is 0 Å². The van der Waals surface area contributed by atoms with Gasteiger partial charge in [-0.1, -0.05) is 0 Å². The van der Waals surface area contributed by atoms with E-state index < -0.39 is 0 Å². The summed E-state index contributed by atoms with van der Waals surface area (Å²) in [7, 11) is 1.93. The van der Waals surface area contributed by atoms with Crippen LogP contribution in [0.3, 0.4) is 0 Å². The number of amides is 1. The van der Waals surface area contributed by atoms with Gasteiger partial charge in [-0.3, -0.25) is 9.78 Å². The van der Waals surface area contributed by atoms with Crippen molar-refractivity contribution >= 4 is 11.7 Å². The van der Waals surface area contributed by atoms with Gasteiger partial charge in [0.25, 0.3) is 0 Å². The number of pyridine rings is 1. The number of hydrogen-bond donors (Lipinski definition) is 1. The molecular formula is C20H27N5O. The summed E-state index contributed by atoms with van der Waals surface area (Å²) in [6.07, 6.45) is 6.49. The molecule has 1 N–H and O–H groups in total. The lowest BCUT2D eigenvalue weighted by Gasteiger charge is -2.30. The predicted molar refractivity (Wildman–Crippen MR) is 103 cm³/mol. The van der Waals surface area contributed by atoms with E-state index in [9.17, 15) is 4.79 Å². The van der Waals surface area contributed by atoms with Crippen molar-refractivity contribution in [3.63, 3.8) is 0 Å². The standard InChI is InChI=1S/C20H27N5O/c1-13(19(26)24-20(2,3)4)25(5)18-15-9-6-10-16(15)22-17(23-18)14-8-7-11-21-12-14/h7-8,11-13H,6,9-10H2,1-5H3,(H,24,26). The maximum Gasteiger partial charge on any atom is 0.242 e. The van der Waals surface area contributed by atoms with E-state index in [4.69, 9.17) is 9.97 Å². The molecule has 2 aromatic heterocycles. The fourth-order valence-electron chi connectivity index (χ4n) is 3.16. The first-order valence-electron chi connectivity index (χ1n) is 9.11. The molecule has 0 bridgehead atoms. The maximum absolute atomic E-state index is 12.6. The number of likely N-dealkylation sites (N-methyl/N-ethyl adjacent to an activating group) is 1. The number of nitrogens with zero attached hydrogens (tertiary/aromatic N) is 4. The molecule has 0 saturated carbocycles. The number of aryl methyl sites for hydroxylation is 1. The van der Waals surface area contributed by atoms with Crippen LogP contribution in [0.5, 0.6) is 0 Å². The van der Waals surface area contributed by atoms with Crippen molar-refractivity contribution in [2.75, 3.05) is 11.9 Å². The summed E-state index contributed by atoms with van der Waals surface area (Å²) in [5, 5.41) is 3.05. The molecule has 1 aliphatic carbocycles. The van der Waals surface area contributed by atoms with Crippen LogP contribution in [0.1, 0.15) is 45.4 Å². The monoisotopic (exact) mass is 353 g/mol. The lowest BCUT2D eigenvalue weighted by Crippen LogP contribution is -2.50. The average Bonchev–Trinajstić information content (AvgIpc) is 3.07. The number of carbonyl (C=O) groups excluding carboxylic acids is 1. The molecule has 2 heterocycles. The van der Waals surface area contributed by atoms with Gasteiger partial charge in [-0.05, 0) is 59.1 Å². The second-order valence-corrected chi connectivity index (χ2v) is 7.92. The highest BCUT2D eigenvalue weighted by molar-refractivity contribution is 5.85. The van der Waals surface area contributed by atoms with Crippen molar-refractivity contribution in [3.8, 4) is 11.4 Å². The number of nitrogens with one attached hydrogen (secondary N) is 1. The Kier molecular flexibility index (Phi) is 4.94. The minimum absolute atomic E-state index is 0.00622. The molecule has 0 radical (unpaired) electrons. The second kappa shape index (κ2) is 7.02. The van der Waals surface area contributed by atoms with Crippen LogP contribution in [0, 0.1) is 0 Å². The van der Waals surface area contributed by atoms with Gasteiger partial charge in [-0.25, -0.2) is 9.97 Å². The van der Waals surface area contributed by atoms with E-state index in [-0.39, 0.29) is 17.5 Å². The van der Waals surface area contributed by atoms with Crippen LogP contribution >= 0.6 is 0 Å². The Hall–Kier alpha value is -2.50. The fraction of sp³-hybridized carbons (Fsp3) is 0.500. The third kappa shape index (κ3) is 3.84. The molecule has 1 atom stereocenters. The topological polar surface area (TPSA) is 71.0 Å². The van der Waals surface area contributed by atoms with E-state index in [1.54, 1.807) is 12.4 Å². The quantitative estimate of drug-likeness (QED) is 0.915. The van der Waals surface area contributed by atoms with E-state index in [1.807, 2.05) is 51.8 Å². The molecule has 0 spiro atoms. The maximum atomic E-state index is 12.6. The lowest BCUT2D eigenvalue weighted by molar-refractivity contribution is -0.123. The van der Waals surface area contributed by atoms with E-state index in [2.05, 4.69) is 10.3 Å². The van der Waals surface area contributed by atoms with Crippen LogP contribution in [0.2, 0.25) is 0 Å². The average molecular weight is 353 g/mol. The number of fused-ring (bicyclic) bond motifs is 1. The molecule has 1 aliphatic rings. The summed E-state index contributed by atoms with van der Waals surface area (Å²) in [6, 6.07) is 3.52. The zero-order chi connectivity index (χ0) is 18.9. The third-order valence-electron chi connectivity index (χ3n) is 4.62. The Morgan fingerprint density at radius 2 is 2.04 bits per heavy atom. The number of hydrogen-bond acceptors (Lipinski definition) is 5. The van der Waals surface area contributed by atoms with Gasteiger partial charge < -0.3 is 10.2 Å². The Morgan fingerprint density at radius 1 is 1.27 bits per heavy atom. The Bertz CT molecular complexity index is 798. The van der Waals surface area contributed by atoms with Crippen LogP contribution in [0.15, 0.2) is 24.5 Å². The zero-order valence-corrected chi connectivity index (χ0v) is 16.2. The van der Waals surface area contributed by atoms with Crippen molar-refractivity contribution in [1.29, 1.82) is 0 Å². The Labute approximate surface area is 155 Å². The summed E-state index contributed by atoms with van der Waals surface area (Å²) in [5.74, 6) is 1.51. The predicted octanol–water partition coefficient (Wildman–Crippen LogP) is 2.77. The molecule has 1 unspecified atom stereocenters. The highest BCUT2D eigenvalue weighted by atomic mass is 16.2. The largest absolute Gasteiger partial charge is 0.350 e. The molecule has 26 heavy (non-hydrogen) atoms. The summed E-state index contributed by atoms with van der Waals surface area (Å²) < 4.78 is 0. The van der Waals surface area contributed by atoms with Gasteiger partial charge in [0.05, 0.1) is 0 Å². The lowest BCUT2D eigenvalue weighted by atomic mass is 10.1. The van der Waals surface area contributed by atoms with Gasteiger partial charge in [0.15, 0.2) is 5.82 Å². The van der Waals surface area contributed by atoms with Gasteiger partial charge in [0, 0.05) is 41.8 Å². The summed E-state index contributed by atoms with van der Waals surface area (Å²) in [4.78, 5) is 28.3. The summed E-state index contributed by atoms with van der Waals surface area (Å²) >= 11 is 0. The SMILES string of the molecule is CC(C(=O)NC(C)(C)C)N(C)c1nc(-c2cccnc2)nc2c1CCC2. The normalized spacial score (nSPS) is 14.7. The number of rotatable bonds is 4. The Morgan fingerprint density at radius 3 is 2.69 bits per heavy atom. The summed E-state index contributed by atoms with van der Waals surface area (Å²) in [5.41, 5.74) is 2.88. The molecule has 6 heteroatoms. The molecular weight excluding hydrogens is 326 g/mol. The first-order valence-corrected chi connectivity index (χ1v) is 9.11. The molecule has 0 fully saturated rings. The zero-order valence-electron chi connectivity index (χ0n) is 16.2. The van der Waals surface area contributed by atoms with Crippen LogP contribution in [0.4, 0.5) is 5.82 Å². The fourth-order valence-corrected chi connectivity index (χ4v) is 3.16. The molecule has 0 aliphatic heterocycles. The first kappa shape index (κ1) is 18.3. The van der Waals surface area contributed by atoms with Gasteiger partial charge >= 0.3 is 0 Å². The molecule has 2 aromatic rings. The molecule has 0 aromatic carbocycles. The first-order chi connectivity index (χ1) is 12.3. The van der Waals surface area contributed by atoms with Crippen LogP contribution in [-0.2, 0) is 17.6 Å². The van der Waals surface area contributed by atoms with E-state index in [1.165, 1.54) is 0 Å². The number of anilines is 1. The molecule has 6 nitrogen and oxygen atoms in total. The molecule has 1 amide bonds. The van der Waals surface area contributed by atoms with E-state index >= 15 is 0 Å². The van der Waals surface area contributed by atoms with Crippen LogP contribution in [-0.4, -0.2) is 39.5 Å². The highest BCUT2D eigenvalue weighted by Crippen LogP contribution is 2.31. The van der Waals surface area contributed by atoms with Crippen LogP contribution in [0.25, 0.3) is 11.4 Å². The minimum Gasteiger partial charge on any atom is -0.350 e. The second-order valence-electron chi connectivity index (χ2n) is 7.92. The van der Waals surface area contributed by atoms with Crippen molar-refractivity contribution in [2.45, 2.75) is 58.5 Å². The van der Waals surface area contributed by atoms with Crippen molar-refractivity contribution in [3.05, 3.63) is 35.8 Å². The smallest absolute Gasteiger partial charge is 0.242 e. The highest BCUT2D eigenvalue weighted by Gasteiger charge is 2.28. The third-order valence-corrected chi connectivity index (χ3v) is 4.62. The van der Waals surface area contributed by atoms with Gasteiger partial charge in [-0.15, -0.1) is 0 Å². The molecule has 138 valence electrons. The number of carbonyl (C=O) groups is 1. The van der Waals surface area contributed by atoms with Gasteiger partial charge in [0.2, 0.25) is 5.91 Å². The minimum atomic E-state index is -0.324. The summed E-state index contributed by atoms with van der Waals surface area (Å²) in [6.45, 7) is 7.87. The Balaban J connectivity index is 1.96. The van der Waals surface area contributed by atoms with Gasteiger partial charge in [0.1, 0.15) is 11.9 Å². The van der Waals surface area contributed by atoms with Crippen molar-refractivity contribution in [2.24, 2.45) is 0 Å². The van der Waals surface area contributed by atoms with E-state index in [0.717, 1.165) is 41.9 Å². The number of aromatic nitrogens is 3. The molecule has 3 rings (SSSR count). The van der Waals surface area contributed by atoms with Crippen LogP contribution < -0.4 is 10.2 Å². The molecule has 0 saturated heterocycles. The van der Waals surface area contributed by atoms with Crippen molar-refractivity contribution in [1.82, 2.24) is 20.3 Å².